The van der Waals surface area contributed by atoms with E-state index in [0.29, 0.717) is 42.9 Å². The molecule has 1 aromatic heterocycles. The summed E-state index contributed by atoms with van der Waals surface area (Å²) in [5.41, 5.74) is 0.104. The zero-order chi connectivity index (χ0) is 25.8. The van der Waals surface area contributed by atoms with Crippen molar-refractivity contribution in [2.24, 2.45) is 7.05 Å². The zero-order valence-electron chi connectivity index (χ0n) is 19.7. The fourth-order valence-corrected chi connectivity index (χ4v) is 4.44. The van der Waals surface area contributed by atoms with E-state index in [0.717, 1.165) is 4.57 Å². The molecule has 1 aliphatic rings. The Kier molecular flexibility index (Phi) is 7.01. The van der Waals surface area contributed by atoms with Crippen LogP contribution in [0.3, 0.4) is 0 Å². The van der Waals surface area contributed by atoms with Crippen molar-refractivity contribution in [3.63, 3.8) is 0 Å². The van der Waals surface area contributed by atoms with E-state index in [-0.39, 0.29) is 23.7 Å². The predicted octanol–water partition coefficient (Wildman–Crippen LogP) is 1.56. The van der Waals surface area contributed by atoms with E-state index >= 15 is 0 Å². The van der Waals surface area contributed by atoms with Gasteiger partial charge >= 0.3 is 11.7 Å². The maximum atomic E-state index is 13.1. The van der Waals surface area contributed by atoms with Crippen LogP contribution in [0, 0.1) is 11.3 Å². The normalized spacial score (nSPS) is 15.2. The summed E-state index contributed by atoms with van der Waals surface area (Å²) in [5.74, 6) is -1.28. The molecule has 4 rings (SSSR count). The van der Waals surface area contributed by atoms with Crippen LogP contribution < -0.4 is 21.5 Å². The summed E-state index contributed by atoms with van der Waals surface area (Å²) in [6.07, 6.45) is 1.34. The first-order valence-corrected chi connectivity index (χ1v) is 11.5. The lowest BCUT2D eigenvalue weighted by Gasteiger charge is -2.36. The zero-order valence-corrected chi connectivity index (χ0v) is 19.7. The first-order chi connectivity index (χ1) is 17.3. The number of piperidine rings is 1. The average Bonchev–Trinajstić information content (AvgIpc) is 2.89. The molecule has 1 atom stereocenters. The second kappa shape index (κ2) is 10.3. The SMILES string of the molecule is Cn1c(=O)cc(N2CCC[C@@H](NC(=O)c3ccccc3C(=O)O)C2)n(Cc2ccccc2C#N)c1=O. The van der Waals surface area contributed by atoms with Gasteiger partial charge in [-0.2, -0.15) is 5.26 Å². The Labute approximate surface area is 206 Å². The van der Waals surface area contributed by atoms with Crippen molar-refractivity contribution in [3.8, 4) is 6.07 Å². The molecule has 1 aliphatic heterocycles. The van der Waals surface area contributed by atoms with E-state index in [9.17, 15) is 29.5 Å². The van der Waals surface area contributed by atoms with Gasteiger partial charge in [0.05, 0.1) is 29.3 Å². The lowest BCUT2D eigenvalue weighted by atomic mass is 10.0. The molecule has 2 N–H and O–H groups in total. The Hall–Kier alpha value is -4.65. The molecule has 2 heterocycles. The van der Waals surface area contributed by atoms with Crippen molar-refractivity contribution in [1.82, 2.24) is 14.5 Å². The van der Waals surface area contributed by atoms with E-state index in [1.54, 1.807) is 36.4 Å². The monoisotopic (exact) mass is 487 g/mol. The first kappa shape index (κ1) is 24.5. The third kappa shape index (κ3) is 4.90. The summed E-state index contributed by atoms with van der Waals surface area (Å²) in [7, 11) is 1.40. The topological polar surface area (TPSA) is 137 Å². The van der Waals surface area contributed by atoms with Gasteiger partial charge < -0.3 is 15.3 Å². The average molecular weight is 488 g/mol. The van der Waals surface area contributed by atoms with Gasteiger partial charge in [-0.15, -0.1) is 0 Å². The van der Waals surface area contributed by atoms with Crippen LogP contribution in [0.1, 0.15) is 44.7 Å². The lowest BCUT2D eigenvalue weighted by Crippen LogP contribution is -2.50. The third-order valence-corrected chi connectivity index (χ3v) is 6.33. The van der Waals surface area contributed by atoms with Crippen LogP contribution in [0.25, 0.3) is 0 Å². The molecule has 36 heavy (non-hydrogen) atoms. The number of hydrogen-bond donors (Lipinski definition) is 2. The van der Waals surface area contributed by atoms with Crippen LogP contribution in [0.2, 0.25) is 0 Å². The predicted molar refractivity (Wildman–Crippen MR) is 132 cm³/mol. The molecule has 1 saturated heterocycles. The van der Waals surface area contributed by atoms with Crippen molar-refractivity contribution in [2.75, 3.05) is 18.0 Å². The van der Waals surface area contributed by atoms with Crippen molar-refractivity contribution in [3.05, 3.63) is 97.7 Å². The summed E-state index contributed by atoms with van der Waals surface area (Å²) in [5, 5.41) is 21.8. The summed E-state index contributed by atoms with van der Waals surface area (Å²) in [6.45, 7) is 0.990. The van der Waals surface area contributed by atoms with Gasteiger partial charge in [0.15, 0.2) is 0 Å². The highest BCUT2D eigenvalue weighted by Gasteiger charge is 2.26. The summed E-state index contributed by atoms with van der Waals surface area (Å²) < 4.78 is 2.48. The number of carboxylic acid groups (broad SMARTS) is 1. The van der Waals surface area contributed by atoms with Crippen LogP contribution in [-0.4, -0.2) is 45.2 Å². The number of aromatic nitrogens is 2. The number of carbonyl (C=O) groups excluding carboxylic acids is 1. The molecule has 2 aromatic carbocycles. The molecular formula is C26H25N5O5. The Morgan fingerprint density at radius 1 is 1.11 bits per heavy atom. The molecular weight excluding hydrogens is 462 g/mol. The van der Waals surface area contributed by atoms with E-state index in [4.69, 9.17) is 0 Å². The summed E-state index contributed by atoms with van der Waals surface area (Å²) in [4.78, 5) is 51.9. The van der Waals surface area contributed by atoms with Gasteiger partial charge in [0, 0.05) is 32.2 Å². The van der Waals surface area contributed by atoms with Gasteiger partial charge in [0.1, 0.15) is 5.82 Å². The lowest BCUT2D eigenvalue weighted by molar-refractivity contribution is 0.0690. The van der Waals surface area contributed by atoms with Crippen molar-refractivity contribution in [2.45, 2.75) is 25.4 Å². The van der Waals surface area contributed by atoms with Crippen LogP contribution in [0.4, 0.5) is 5.82 Å². The molecule has 0 unspecified atom stereocenters. The molecule has 1 fully saturated rings. The minimum Gasteiger partial charge on any atom is -0.478 e. The van der Waals surface area contributed by atoms with Gasteiger partial charge in [-0.3, -0.25) is 18.7 Å². The largest absolute Gasteiger partial charge is 0.478 e. The Morgan fingerprint density at radius 3 is 2.53 bits per heavy atom. The van der Waals surface area contributed by atoms with Crippen LogP contribution in [0.5, 0.6) is 0 Å². The second-order valence-corrected chi connectivity index (χ2v) is 8.65. The number of nitriles is 1. The number of aromatic carboxylic acids is 1. The molecule has 10 nitrogen and oxygen atoms in total. The maximum Gasteiger partial charge on any atom is 0.336 e. The van der Waals surface area contributed by atoms with Crippen molar-refractivity contribution >= 4 is 17.7 Å². The van der Waals surface area contributed by atoms with Gasteiger partial charge in [-0.25, -0.2) is 9.59 Å². The Balaban J connectivity index is 1.63. The molecule has 0 spiro atoms. The van der Waals surface area contributed by atoms with Crippen molar-refractivity contribution < 1.29 is 14.7 Å². The smallest absolute Gasteiger partial charge is 0.336 e. The number of anilines is 1. The molecule has 1 amide bonds. The highest BCUT2D eigenvalue weighted by atomic mass is 16.4. The van der Waals surface area contributed by atoms with Crippen LogP contribution in [-0.2, 0) is 13.6 Å². The molecule has 0 radical (unpaired) electrons. The quantitative estimate of drug-likeness (QED) is 0.538. The molecule has 0 bridgehead atoms. The van der Waals surface area contributed by atoms with Gasteiger partial charge in [0.25, 0.3) is 11.5 Å². The molecule has 3 aromatic rings. The third-order valence-electron chi connectivity index (χ3n) is 6.33. The van der Waals surface area contributed by atoms with E-state index in [2.05, 4.69) is 11.4 Å². The fourth-order valence-electron chi connectivity index (χ4n) is 4.44. The number of amides is 1. The number of nitrogens with one attached hydrogen (secondary N) is 1. The number of hydrogen-bond acceptors (Lipinski definition) is 6. The minimum atomic E-state index is -1.19. The fraction of sp³-hybridized carbons (Fsp3) is 0.269. The molecule has 0 saturated carbocycles. The standard InChI is InChI=1S/C26H25N5O5/c1-29-23(32)13-22(31(26(29)36)15-18-8-3-2-7-17(18)14-27)30-12-6-9-19(16-30)28-24(33)20-10-4-5-11-21(20)25(34)35/h2-5,7-8,10-11,13,19H,6,9,12,15-16H2,1H3,(H,28,33)(H,34,35)/t19-/m1/s1. The van der Waals surface area contributed by atoms with Crippen LogP contribution >= 0.6 is 0 Å². The Bertz CT molecular complexity index is 1480. The number of carbonyl (C=O) groups is 2. The van der Waals surface area contributed by atoms with Crippen molar-refractivity contribution in [1.29, 1.82) is 5.26 Å². The highest BCUT2D eigenvalue weighted by molar-refractivity contribution is 6.04. The van der Waals surface area contributed by atoms with E-state index in [1.165, 1.54) is 29.8 Å². The van der Waals surface area contributed by atoms with Gasteiger partial charge in [-0.1, -0.05) is 30.3 Å². The number of nitrogens with zero attached hydrogens (tertiary/aromatic N) is 4. The number of benzene rings is 2. The maximum absolute atomic E-state index is 13.1. The molecule has 184 valence electrons. The molecule has 0 aliphatic carbocycles. The highest BCUT2D eigenvalue weighted by Crippen LogP contribution is 2.20. The first-order valence-electron chi connectivity index (χ1n) is 11.5. The second-order valence-electron chi connectivity index (χ2n) is 8.65. The van der Waals surface area contributed by atoms with Gasteiger partial charge in [0.2, 0.25) is 0 Å². The van der Waals surface area contributed by atoms with E-state index in [1.807, 2.05) is 4.90 Å². The molecule has 10 heteroatoms. The minimum absolute atomic E-state index is 0.0701. The van der Waals surface area contributed by atoms with E-state index < -0.39 is 23.1 Å². The van der Waals surface area contributed by atoms with Crippen LogP contribution in [0.15, 0.2) is 64.2 Å². The number of carboxylic acids is 1. The van der Waals surface area contributed by atoms with Gasteiger partial charge in [-0.05, 0) is 36.6 Å². The Morgan fingerprint density at radius 2 is 1.81 bits per heavy atom. The summed E-state index contributed by atoms with van der Waals surface area (Å²) in [6, 6.07) is 16.2. The summed E-state index contributed by atoms with van der Waals surface area (Å²) >= 11 is 0. The number of rotatable bonds is 6.